The summed E-state index contributed by atoms with van der Waals surface area (Å²) in [7, 11) is 0. The SMILES string of the molecule is CC.CCN=N/N=C(\C)C1=CC=C(C)CC1. The largest absolute Gasteiger partial charge is 0.169 e. The average Bonchev–Trinajstić information content (AvgIpc) is 2.33. The summed E-state index contributed by atoms with van der Waals surface area (Å²) in [4.78, 5) is 0. The molecule has 0 bridgehead atoms. The minimum Gasteiger partial charge on any atom is -0.169 e. The van der Waals surface area contributed by atoms with E-state index in [0.717, 1.165) is 18.6 Å². The van der Waals surface area contributed by atoms with Gasteiger partial charge in [-0.1, -0.05) is 31.6 Å². The van der Waals surface area contributed by atoms with Crippen LogP contribution in [0.4, 0.5) is 0 Å². The van der Waals surface area contributed by atoms with Crippen molar-refractivity contribution >= 4 is 5.71 Å². The van der Waals surface area contributed by atoms with E-state index < -0.39 is 0 Å². The lowest BCUT2D eigenvalue weighted by atomic mass is 9.97. The first-order valence-corrected chi connectivity index (χ1v) is 6.01. The molecule has 0 aliphatic heterocycles. The highest BCUT2D eigenvalue weighted by atomic mass is 15.4. The van der Waals surface area contributed by atoms with Crippen LogP contribution in [0.3, 0.4) is 0 Å². The van der Waals surface area contributed by atoms with E-state index in [4.69, 9.17) is 0 Å². The van der Waals surface area contributed by atoms with E-state index in [9.17, 15) is 0 Å². The molecule has 0 saturated carbocycles. The van der Waals surface area contributed by atoms with Crippen LogP contribution in [0.1, 0.15) is 47.5 Å². The molecule has 0 N–H and O–H groups in total. The molecule has 3 heteroatoms. The highest BCUT2D eigenvalue weighted by Gasteiger charge is 2.05. The van der Waals surface area contributed by atoms with Crippen molar-refractivity contribution in [1.29, 1.82) is 0 Å². The van der Waals surface area contributed by atoms with Gasteiger partial charge < -0.3 is 0 Å². The van der Waals surface area contributed by atoms with Crippen LogP contribution in [0, 0.1) is 0 Å². The third kappa shape index (κ3) is 5.59. The molecule has 3 nitrogen and oxygen atoms in total. The highest BCUT2D eigenvalue weighted by molar-refractivity contribution is 5.98. The Labute approximate surface area is 99.1 Å². The Morgan fingerprint density at radius 1 is 1.25 bits per heavy atom. The van der Waals surface area contributed by atoms with Crippen molar-refractivity contribution < 1.29 is 0 Å². The number of allylic oxidation sites excluding steroid dienone is 4. The molecule has 0 heterocycles. The van der Waals surface area contributed by atoms with Gasteiger partial charge in [0.25, 0.3) is 0 Å². The van der Waals surface area contributed by atoms with Crippen molar-refractivity contribution in [1.82, 2.24) is 0 Å². The van der Waals surface area contributed by atoms with Crippen LogP contribution in [0.25, 0.3) is 0 Å². The summed E-state index contributed by atoms with van der Waals surface area (Å²) in [5.74, 6) is 0. The van der Waals surface area contributed by atoms with E-state index in [1.807, 2.05) is 27.7 Å². The topological polar surface area (TPSA) is 37.1 Å². The third-order valence-electron chi connectivity index (χ3n) is 2.22. The Bertz CT molecular complexity index is 309. The Morgan fingerprint density at radius 2 is 1.94 bits per heavy atom. The Balaban J connectivity index is 0.00000106. The fourth-order valence-electron chi connectivity index (χ4n) is 1.27. The summed E-state index contributed by atoms with van der Waals surface area (Å²) < 4.78 is 0. The fourth-order valence-corrected chi connectivity index (χ4v) is 1.27. The van der Waals surface area contributed by atoms with E-state index in [2.05, 4.69) is 34.5 Å². The smallest absolute Gasteiger partial charge is 0.0649 e. The molecule has 1 aliphatic rings. The first-order valence-electron chi connectivity index (χ1n) is 6.01. The van der Waals surface area contributed by atoms with Crippen LogP contribution in [0.5, 0.6) is 0 Å². The van der Waals surface area contributed by atoms with Crippen molar-refractivity contribution in [2.24, 2.45) is 15.4 Å². The predicted octanol–water partition coefficient (Wildman–Crippen LogP) is 4.53. The molecule has 0 fully saturated rings. The summed E-state index contributed by atoms with van der Waals surface area (Å²) in [5, 5.41) is 11.6. The van der Waals surface area contributed by atoms with Gasteiger partial charge in [-0.15, -0.1) is 5.10 Å². The molecular weight excluding hydrogens is 198 g/mol. The zero-order valence-electron chi connectivity index (χ0n) is 11.1. The van der Waals surface area contributed by atoms with Gasteiger partial charge in [0.2, 0.25) is 0 Å². The lowest BCUT2D eigenvalue weighted by Gasteiger charge is -2.10. The van der Waals surface area contributed by atoms with E-state index in [1.54, 1.807) is 0 Å². The molecule has 0 aromatic heterocycles. The summed E-state index contributed by atoms with van der Waals surface area (Å²) in [6.45, 7) is 10.8. The van der Waals surface area contributed by atoms with Crippen molar-refractivity contribution in [3.05, 3.63) is 23.3 Å². The average molecular weight is 221 g/mol. The van der Waals surface area contributed by atoms with Crippen molar-refractivity contribution in [3.8, 4) is 0 Å². The van der Waals surface area contributed by atoms with Crippen molar-refractivity contribution in [2.75, 3.05) is 6.54 Å². The molecule has 16 heavy (non-hydrogen) atoms. The zero-order chi connectivity index (χ0) is 12.4. The van der Waals surface area contributed by atoms with Crippen LogP contribution in [-0.4, -0.2) is 12.3 Å². The van der Waals surface area contributed by atoms with Crippen molar-refractivity contribution in [2.45, 2.75) is 47.5 Å². The number of hydrogen-bond acceptors (Lipinski definition) is 2. The molecule has 0 unspecified atom stereocenters. The number of hydrogen-bond donors (Lipinski definition) is 0. The van der Waals surface area contributed by atoms with Crippen LogP contribution >= 0.6 is 0 Å². The fraction of sp³-hybridized carbons (Fsp3) is 0.615. The molecule has 0 radical (unpaired) electrons. The molecule has 0 amide bonds. The van der Waals surface area contributed by atoms with Gasteiger partial charge >= 0.3 is 0 Å². The first kappa shape index (κ1) is 14.8. The lowest BCUT2D eigenvalue weighted by molar-refractivity contribution is 0.909. The van der Waals surface area contributed by atoms with E-state index in [0.29, 0.717) is 6.54 Å². The third-order valence-corrected chi connectivity index (χ3v) is 2.22. The number of nitrogens with zero attached hydrogens (tertiary/aromatic N) is 3. The van der Waals surface area contributed by atoms with Gasteiger partial charge in [-0.05, 0) is 44.4 Å². The van der Waals surface area contributed by atoms with Gasteiger partial charge in [0.1, 0.15) is 0 Å². The predicted molar refractivity (Wildman–Crippen MR) is 70.9 cm³/mol. The maximum absolute atomic E-state index is 4.04. The standard InChI is InChI=1S/C11H17N3.C2H6/c1-4-12-14-13-10(3)11-7-5-9(2)6-8-11;1-2/h5,7H,4,6,8H2,1-3H3;1-2H3/b13-10+,14-12?;. The summed E-state index contributed by atoms with van der Waals surface area (Å²) >= 11 is 0. The first-order chi connectivity index (χ1) is 7.74. The Morgan fingerprint density at radius 3 is 2.44 bits per heavy atom. The maximum Gasteiger partial charge on any atom is 0.0649 e. The quantitative estimate of drug-likeness (QED) is 0.381. The normalized spacial score (nSPS) is 16.4. The van der Waals surface area contributed by atoms with Gasteiger partial charge in [-0.3, -0.25) is 0 Å². The second-order valence-corrected chi connectivity index (χ2v) is 3.44. The molecule has 1 aliphatic carbocycles. The van der Waals surface area contributed by atoms with Crippen molar-refractivity contribution in [3.63, 3.8) is 0 Å². The molecule has 0 aromatic rings. The monoisotopic (exact) mass is 221 g/mol. The van der Waals surface area contributed by atoms with Crippen LogP contribution in [0.2, 0.25) is 0 Å². The maximum atomic E-state index is 4.04. The molecule has 1 rings (SSSR count). The summed E-state index contributed by atoms with van der Waals surface area (Å²) in [6.07, 6.45) is 6.47. The Kier molecular flexibility index (Phi) is 8.31. The van der Waals surface area contributed by atoms with Gasteiger partial charge in [-0.25, -0.2) is 0 Å². The van der Waals surface area contributed by atoms with Gasteiger partial charge in [0.15, 0.2) is 0 Å². The van der Waals surface area contributed by atoms with E-state index in [-0.39, 0.29) is 0 Å². The molecule has 0 atom stereocenters. The number of rotatable bonds is 3. The van der Waals surface area contributed by atoms with Gasteiger partial charge in [-0.2, -0.15) is 5.11 Å². The molecule has 0 aromatic carbocycles. The van der Waals surface area contributed by atoms with Crippen LogP contribution < -0.4 is 0 Å². The highest BCUT2D eigenvalue weighted by Crippen LogP contribution is 2.18. The van der Waals surface area contributed by atoms with Crippen LogP contribution in [-0.2, 0) is 0 Å². The molecule has 90 valence electrons. The molecule has 0 saturated heterocycles. The summed E-state index contributed by atoms with van der Waals surface area (Å²) in [5.41, 5.74) is 3.67. The zero-order valence-corrected chi connectivity index (χ0v) is 11.1. The minimum atomic E-state index is 0.689. The molecule has 0 spiro atoms. The van der Waals surface area contributed by atoms with Crippen LogP contribution in [0.15, 0.2) is 38.7 Å². The minimum absolute atomic E-state index is 0.689. The lowest BCUT2D eigenvalue weighted by Crippen LogP contribution is -2.00. The van der Waals surface area contributed by atoms with Gasteiger partial charge in [0, 0.05) is 0 Å². The summed E-state index contributed by atoms with van der Waals surface area (Å²) in [6, 6.07) is 0. The molecular formula is C13H23N3. The second-order valence-electron chi connectivity index (χ2n) is 3.44. The van der Waals surface area contributed by atoms with E-state index >= 15 is 0 Å². The van der Waals surface area contributed by atoms with E-state index in [1.165, 1.54) is 11.1 Å². The second kappa shape index (κ2) is 9.01. The van der Waals surface area contributed by atoms with Gasteiger partial charge in [0.05, 0.1) is 12.3 Å². The Hall–Kier alpha value is -1.25.